The molecule has 0 bridgehead atoms. The number of amides is 1. The molecule has 30 heavy (non-hydrogen) atoms. The highest BCUT2D eigenvalue weighted by Gasteiger charge is 2.24. The quantitative estimate of drug-likeness (QED) is 0.594. The van der Waals surface area contributed by atoms with E-state index in [4.69, 9.17) is 4.74 Å². The van der Waals surface area contributed by atoms with Gasteiger partial charge in [-0.3, -0.25) is 4.79 Å². The molecule has 8 heteroatoms. The monoisotopic (exact) mass is 465 g/mol. The molecule has 0 aliphatic carbocycles. The molecule has 162 valence electrons. The molecule has 1 amide bonds. The van der Waals surface area contributed by atoms with E-state index in [2.05, 4.69) is 66.4 Å². The second-order valence-corrected chi connectivity index (χ2v) is 9.57. The molecule has 2 aromatic rings. The summed E-state index contributed by atoms with van der Waals surface area (Å²) >= 11 is 3.45. The SMILES string of the molecule is CN(C)CCN1c2ccccc2Sc2ccc(SCC(=O)N3CCOCC3)cc21.Cl. The summed E-state index contributed by atoms with van der Waals surface area (Å²) in [6.45, 7) is 4.60. The molecular weight excluding hydrogens is 438 g/mol. The van der Waals surface area contributed by atoms with Gasteiger partial charge in [0.1, 0.15) is 0 Å². The number of rotatable bonds is 6. The topological polar surface area (TPSA) is 36.0 Å². The second kappa shape index (κ2) is 10.8. The van der Waals surface area contributed by atoms with Crippen LogP contribution in [-0.4, -0.2) is 74.9 Å². The minimum atomic E-state index is 0. The van der Waals surface area contributed by atoms with Crippen molar-refractivity contribution in [2.24, 2.45) is 0 Å². The zero-order valence-electron chi connectivity index (χ0n) is 17.4. The highest BCUT2D eigenvalue weighted by atomic mass is 35.5. The maximum atomic E-state index is 12.5. The number of carbonyl (C=O) groups is 1. The molecule has 0 unspecified atom stereocenters. The van der Waals surface area contributed by atoms with Gasteiger partial charge in [0.15, 0.2) is 0 Å². The molecule has 1 fully saturated rings. The van der Waals surface area contributed by atoms with Crippen LogP contribution in [0.3, 0.4) is 0 Å². The molecule has 0 atom stereocenters. The molecule has 0 spiro atoms. The van der Waals surface area contributed by atoms with Gasteiger partial charge < -0.3 is 19.4 Å². The van der Waals surface area contributed by atoms with Crippen LogP contribution in [0.1, 0.15) is 0 Å². The van der Waals surface area contributed by atoms with E-state index in [1.807, 2.05) is 16.7 Å². The van der Waals surface area contributed by atoms with Crippen molar-refractivity contribution in [2.75, 3.05) is 64.1 Å². The lowest BCUT2D eigenvalue weighted by Crippen LogP contribution is -2.41. The summed E-state index contributed by atoms with van der Waals surface area (Å²) in [7, 11) is 4.21. The standard InChI is InChI=1S/C22H27N3O2S2.ClH/c1-23(2)9-10-25-18-5-3-4-6-20(18)29-21-8-7-17(15-19(21)25)28-16-22(26)24-11-13-27-14-12-24;/h3-8,15H,9-14,16H2,1-2H3;1H. The van der Waals surface area contributed by atoms with E-state index < -0.39 is 0 Å². The highest BCUT2D eigenvalue weighted by Crippen LogP contribution is 2.48. The van der Waals surface area contributed by atoms with E-state index in [9.17, 15) is 4.79 Å². The summed E-state index contributed by atoms with van der Waals surface area (Å²) in [5.41, 5.74) is 2.50. The van der Waals surface area contributed by atoms with Gasteiger partial charge in [-0.2, -0.15) is 0 Å². The van der Waals surface area contributed by atoms with Gasteiger partial charge in [-0.25, -0.2) is 0 Å². The van der Waals surface area contributed by atoms with Crippen LogP contribution in [-0.2, 0) is 9.53 Å². The Morgan fingerprint density at radius 2 is 1.83 bits per heavy atom. The number of morpholine rings is 1. The summed E-state index contributed by atoms with van der Waals surface area (Å²) in [5.74, 6) is 0.667. The Bertz CT molecular complexity index is 875. The van der Waals surface area contributed by atoms with E-state index in [1.54, 1.807) is 11.8 Å². The number of halogens is 1. The molecular formula is C22H28ClN3O2S2. The van der Waals surface area contributed by atoms with E-state index >= 15 is 0 Å². The van der Waals surface area contributed by atoms with Crippen molar-refractivity contribution in [1.82, 2.24) is 9.80 Å². The van der Waals surface area contributed by atoms with Crippen LogP contribution in [0.4, 0.5) is 11.4 Å². The third-order valence-corrected chi connectivity index (χ3v) is 7.20. The number of nitrogens with zero attached hydrogens (tertiary/aromatic N) is 3. The van der Waals surface area contributed by atoms with Crippen LogP contribution in [0.2, 0.25) is 0 Å². The Kier molecular flexibility index (Phi) is 8.36. The lowest BCUT2D eigenvalue weighted by molar-refractivity contribution is -0.132. The molecule has 2 aliphatic rings. The molecule has 0 N–H and O–H groups in total. The fraction of sp³-hybridized carbons (Fsp3) is 0.409. The first kappa shape index (κ1) is 23.3. The fourth-order valence-electron chi connectivity index (χ4n) is 3.49. The summed E-state index contributed by atoms with van der Waals surface area (Å²) in [4.78, 5) is 22.7. The van der Waals surface area contributed by atoms with Crippen LogP contribution in [0.25, 0.3) is 0 Å². The first-order valence-electron chi connectivity index (χ1n) is 9.93. The van der Waals surface area contributed by atoms with Crippen LogP contribution in [0.15, 0.2) is 57.2 Å². The van der Waals surface area contributed by atoms with Crippen molar-refractivity contribution in [3.05, 3.63) is 42.5 Å². The Morgan fingerprint density at radius 1 is 1.10 bits per heavy atom. The van der Waals surface area contributed by atoms with Crippen LogP contribution in [0.5, 0.6) is 0 Å². The van der Waals surface area contributed by atoms with Crippen LogP contribution >= 0.6 is 35.9 Å². The number of hydrogen-bond acceptors (Lipinski definition) is 6. The Balaban J connectivity index is 0.00000256. The summed E-state index contributed by atoms with van der Waals surface area (Å²) in [5, 5.41) is 0. The molecule has 0 radical (unpaired) electrons. The van der Waals surface area contributed by atoms with Crippen molar-refractivity contribution in [3.63, 3.8) is 0 Å². The van der Waals surface area contributed by atoms with Gasteiger partial charge in [0.05, 0.1) is 30.3 Å². The zero-order valence-corrected chi connectivity index (χ0v) is 19.8. The first-order valence-corrected chi connectivity index (χ1v) is 11.7. The van der Waals surface area contributed by atoms with Gasteiger partial charge in [0, 0.05) is 40.9 Å². The van der Waals surface area contributed by atoms with Crippen molar-refractivity contribution in [1.29, 1.82) is 0 Å². The first-order chi connectivity index (χ1) is 14.1. The molecule has 0 aromatic heterocycles. The summed E-state index contributed by atoms with van der Waals surface area (Å²) < 4.78 is 5.34. The predicted octanol–water partition coefficient (Wildman–Crippen LogP) is 4.22. The fourth-order valence-corrected chi connectivity index (χ4v) is 5.40. The third kappa shape index (κ3) is 5.45. The maximum absolute atomic E-state index is 12.5. The molecule has 4 rings (SSSR count). The lowest BCUT2D eigenvalue weighted by atomic mass is 10.2. The van der Waals surface area contributed by atoms with E-state index in [0.717, 1.165) is 18.0 Å². The minimum Gasteiger partial charge on any atom is -0.378 e. The number of anilines is 2. The van der Waals surface area contributed by atoms with E-state index in [-0.39, 0.29) is 18.3 Å². The molecule has 5 nitrogen and oxygen atoms in total. The van der Waals surface area contributed by atoms with Crippen molar-refractivity contribution < 1.29 is 9.53 Å². The van der Waals surface area contributed by atoms with Crippen LogP contribution in [0, 0.1) is 0 Å². The van der Waals surface area contributed by atoms with E-state index in [1.165, 1.54) is 21.2 Å². The Hall–Kier alpha value is -1.38. The van der Waals surface area contributed by atoms with Crippen LogP contribution < -0.4 is 4.90 Å². The normalized spacial score (nSPS) is 15.4. The predicted molar refractivity (Wildman–Crippen MR) is 128 cm³/mol. The number of likely N-dealkylation sites (N-methyl/N-ethyl adjacent to an activating group) is 1. The molecule has 2 aromatic carbocycles. The number of hydrogen-bond donors (Lipinski definition) is 0. The summed E-state index contributed by atoms with van der Waals surface area (Å²) in [6.07, 6.45) is 0. The average Bonchev–Trinajstić information content (AvgIpc) is 2.75. The number of para-hydroxylation sites is 1. The largest absolute Gasteiger partial charge is 0.378 e. The van der Waals surface area contributed by atoms with Gasteiger partial charge in [0.2, 0.25) is 5.91 Å². The number of fused-ring (bicyclic) bond motifs is 2. The molecule has 2 aliphatic heterocycles. The van der Waals surface area contributed by atoms with Gasteiger partial charge in [-0.1, -0.05) is 23.9 Å². The molecule has 1 saturated heterocycles. The molecule has 2 heterocycles. The minimum absolute atomic E-state index is 0. The van der Waals surface area contributed by atoms with Crippen molar-refractivity contribution in [3.8, 4) is 0 Å². The Labute approximate surface area is 193 Å². The van der Waals surface area contributed by atoms with Gasteiger partial charge >= 0.3 is 0 Å². The van der Waals surface area contributed by atoms with E-state index in [0.29, 0.717) is 32.1 Å². The van der Waals surface area contributed by atoms with Gasteiger partial charge in [0.25, 0.3) is 0 Å². The lowest BCUT2D eigenvalue weighted by Gasteiger charge is -2.34. The highest BCUT2D eigenvalue weighted by molar-refractivity contribution is 8.00. The average molecular weight is 466 g/mol. The van der Waals surface area contributed by atoms with Crippen molar-refractivity contribution in [2.45, 2.75) is 14.7 Å². The number of thioether (sulfide) groups is 1. The summed E-state index contributed by atoms with van der Waals surface area (Å²) in [6, 6.07) is 15.2. The number of benzene rings is 2. The Morgan fingerprint density at radius 3 is 2.60 bits per heavy atom. The maximum Gasteiger partial charge on any atom is 0.233 e. The van der Waals surface area contributed by atoms with Gasteiger partial charge in [-0.15, -0.1) is 24.2 Å². The smallest absolute Gasteiger partial charge is 0.233 e. The van der Waals surface area contributed by atoms with Gasteiger partial charge in [-0.05, 0) is 44.4 Å². The molecule has 0 saturated carbocycles. The van der Waals surface area contributed by atoms with Crippen molar-refractivity contribution >= 4 is 53.2 Å². The number of ether oxygens (including phenoxy) is 1. The second-order valence-electron chi connectivity index (χ2n) is 7.44. The zero-order chi connectivity index (χ0) is 20.2. The third-order valence-electron chi connectivity index (χ3n) is 5.09. The number of carbonyl (C=O) groups excluding carboxylic acids is 1.